The van der Waals surface area contributed by atoms with Crippen LogP contribution in [0.5, 0.6) is 0 Å². The van der Waals surface area contributed by atoms with Crippen LogP contribution in [-0.2, 0) is 11.3 Å². The second kappa shape index (κ2) is 5.65. The molecule has 4 heteroatoms. The molecular weight excluding hydrogens is 254 g/mol. The van der Waals surface area contributed by atoms with E-state index >= 15 is 0 Å². The number of hydrogen-bond acceptors (Lipinski definition) is 2. The topological polar surface area (TPSA) is 57.6 Å². The molecule has 0 aliphatic heterocycles. The van der Waals surface area contributed by atoms with Crippen LogP contribution in [0, 0.1) is 5.41 Å². The molecule has 0 aromatic heterocycles. The third-order valence-electron chi connectivity index (χ3n) is 4.41. The molecule has 4 nitrogen and oxygen atoms in total. The van der Waals surface area contributed by atoms with Gasteiger partial charge in [0.25, 0.3) is 0 Å². The van der Waals surface area contributed by atoms with Crippen molar-refractivity contribution >= 4 is 11.9 Å². The molecule has 0 bridgehead atoms. The molecule has 108 valence electrons. The fraction of sp³-hybridized carbons (Fsp3) is 0.500. The number of hydrogen-bond donors (Lipinski definition) is 1. The number of carbonyl (C=O) groups is 2. The number of amides is 1. The minimum atomic E-state index is -0.930. The lowest BCUT2D eigenvalue weighted by Crippen LogP contribution is -2.45. The first-order valence-corrected chi connectivity index (χ1v) is 7.06. The standard InChI is InChI=1S/C16H21NO3/c1-3-16(9-4-10-16)15(20)17(2)11-12-5-7-13(8-6-12)14(18)19/h5-8H,3-4,9-11H2,1-2H3,(H,18,19). The zero-order valence-corrected chi connectivity index (χ0v) is 12.1. The van der Waals surface area contributed by atoms with Gasteiger partial charge in [0.15, 0.2) is 0 Å². The first kappa shape index (κ1) is 14.6. The summed E-state index contributed by atoms with van der Waals surface area (Å²) in [4.78, 5) is 25.0. The average molecular weight is 275 g/mol. The normalized spacial score (nSPS) is 16.3. The summed E-state index contributed by atoms with van der Waals surface area (Å²) in [5.41, 5.74) is 1.08. The lowest BCUT2D eigenvalue weighted by Gasteiger charge is -2.42. The summed E-state index contributed by atoms with van der Waals surface area (Å²) in [7, 11) is 1.82. The monoisotopic (exact) mass is 275 g/mol. The van der Waals surface area contributed by atoms with Gasteiger partial charge in [-0.15, -0.1) is 0 Å². The van der Waals surface area contributed by atoms with Crippen LogP contribution in [0.25, 0.3) is 0 Å². The molecule has 2 rings (SSSR count). The molecule has 0 atom stereocenters. The fourth-order valence-electron chi connectivity index (χ4n) is 2.83. The SMILES string of the molecule is CCC1(C(=O)N(C)Cc2ccc(C(=O)O)cc2)CCC1. The molecular formula is C16H21NO3. The van der Waals surface area contributed by atoms with E-state index < -0.39 is 5.97 Å². The summed E-state index contributed by atoms with van der Waals surface area (Å²) in [6.07, 6.45) is 4.02. The maximum Gasteiger partial charge on any atom is 0.335 e. The number of aromatic carboxylic acids is 1. The van der Waals surface area contributed by atoms with Crippen molar-refractivity contribution in [2.75, 3.05) is 7.05 Å². The highest BCUT2D eigenvalue weighted by Gasteiger charge is 2.43. The highest BCUT2D eigenvalue weighted by Crippen LogP contribution is 2.45. The lowest BCUT2D eigenvalue weighted by atomic mass is 9.66. The van der Waals surface area contributed by atoms with Crippen molar-refractivity contribution in [3.05, 3.63) is 35.4 Å². The Labute approximate surface area is 119 Å². The van der Waals surface area contributed by atoms with E-state index in [1.54, 1.807) is 29.2 Å². The largest absolute Gasteiger partial charge is 0.478 e. The minimum absolute atomic E-state index is 0.143. The molecule has 0 unspecified atom stereocenters. The zero-order chi connectivity index (χ0) is 14.8. The van der Waals surface area contributed by atoms with E-state index in [2.05, 4.69) is 6.92 Å². The predicted molar refractivity (Wildman–Crippen MR) is 76.5 cm³/mol. The summed E-state index contributed by atoms with van der Waals surface area (Å²) in [5.74, 6) is -0.714. The second-order valence-corrected chi connectivity index (χ2v) is 5.65. The highest BCUT2D eigenvalue weighted by atomic mass is 16.4. The maximum atomic E-state index is 12.5. The van der Waals surface area contributed by atoms with Crippen molar-refractivity contribution in [3.8, 4) is 0 Å². The number of carboxylic acid groups (broad SMARTS) is 1. The van der Waals surface area contributed by atoms with Crippen molar-refractivity contribution in [2.45, 2.75) is 39.2 Å². The van der Waals surface area contributed by atoms with E-state index in [1.165, 1.54) is 0 Å². The highest BCUT2D eigenvalue weighted by molar-refractivity contribution is 5.87. The Morgan fingerprint density at radius 3 is 2.25 bits per heavy atom. The van der Waals surface area contributed by atoms with Gasteiger partial charge in [-0.05, 0) is 37.0 Å². The molecule has 0 saturated heterocycles. The van der Waals surface area contributed by atoms with Crippen LogP contribution < -0.4 is 0 Å². The Kier molecular flexibility index (Phi) is 4.12. The number of carboxylic acids is 1. The Hall–Kier alpha value is -1.84. The van der Waals surface area contributed by atoms with Crippen molar-refractivity contribution < 1.29 is 14.7 Å². The molecule has 1 aliphatic carbocycles. The number of rotatable bonds is 5. The first-order chi connectivity index (χ1) is 9.48. The number of nitrogens with zero attached hydrogens (tertiary/aromatic N) is 1. The summed E-state index contributed by atoms with van der Waals surface area (Å²) in [6.45, 7) is 2.60. The molecule has 1 fully saturated rings. The van der Waals surface area contributed by atoms with E-state index in [-0.39, 0.29) is 16.9 Å². The van der Waals surface area contributed by atoms with E-state index in [0.717, 1.165) is 31.2 Å². The van der Waals surface area contributed by atoms with Crippen molar-refractivity contribution in [1.82, 2.24) is 4.90 Å². The Balaban J connectivity index is 2.02. The van der Waals surface area contributed by atoms with Crippen molar-refractivity contribution in [3.63, 3.8) is 0 Å². The quantitative estimate of drug-likeness (QED) is 0.899. The van der Waals surface area contributed by atoms with E-state index in [0.29, 0.717) is 6.54 Å². The number of carbonyl (C=O) groups excluding carboxylic acids is 1. The molecule has 0 heterocycles. The van der Waals surface area contributed by atoms with Crippen LogP contribution >= 0.6 is 0 Å². The zero-order valence-electron chi connectivity index (χ0n) is 12.1. The summed E-state index contributed by atoms with van der Waals surface area (Å²) in [5, 5.41) is 8.86. The Morgan fingerprint density at radius 2 is 1.85 bits per heavy atom. The Bertz CT molecular complexity index is 497. The maximum absolute atomic E-state index is 12.5. The molecule has 1 aromatic rings. The average Bonchev–Trinajstić information content (AvgIpc) is 2.38. The molecule has 0 radical (unpaired) electrons. The van der Waals surface area contributed by atoms with Gasteiger partial charge >= 0.3 is 5.97 Å². The van der Waals surface area contributed by atoms with Crippen LogP contribution in [0.4, 0.5) is 0 Å². The van der Waals surface area contributed by atoms with Crippen LogP contribution in [-0.4, -0.2) is 28.9 Å². The molecule has 1 aliphatic rings. The van der Waals surface area contributed by atoms with Gasteiger partial charge in [0.05, 0.1) is 5.56 Å². The summed E-state index contributed by atoms with van der Waals surface area (Å²) < 4.78 is 0. The van der Waals surface area contributed by atoms with Gasteiger partial charge in [-0.3, -0.25) is 4.79 Å². The van der Waals surface area contributed by atoms with Crippen LogP contribution in [0.1, 0.15) is 48.5 Å². The lowest BCUT2D eigenvalue weighted by molar-refractivity contribution is -0.147. The molecule has 1 N–H and O–H groups in total. The van der Waals surface area contributed by atoms with Crippen molar-refractivity contribution in [1.29, 1.82) is 0 Å². The van der Waals surface area contributed by atoms with E-state index in [1.807, 2.05) is 7.05 Å². The van der Waals surface area contributed by atoms with Gasteiger partial charge in [0.1, 0.15) is 0 Å². The number of benzene rings is 1. The summed E-state index contributed by atoms with van der Waals surface area (Å²) in [6, 6.07) is 6.70. The fourth-order valence-corrected chi connectivity index (χ4v) is 2.83. The summed E-state index contributed by atoms with van der Waals surface area (Å²) >= 11 is 0. The third-order valence-corrected chi connectivity index (χ3v) is 4.41. The molecule has 1 saturated carbocycles. The van der Waals surface area contributed by atoms with E-state index in [9.17, 15) is 9.59 Å². The molecule has 1 amide bonds. The first-order valence-electron chi connectivity index (χ1n) is 7.06. The van der Waals surface area contributed by atoms with Crippen LogP contribution in [0.3, 0.4) is 0 Å². The second-order valence-electron chi connectivity index (χ2n) is 5.65. The van der Waals surface area contributed by atoms with Gasteiger partial charge in [0, 0.05) is 19.0 Å². The van der Waals surface area contributed by atoms with E-state index in [4.69, 9.17) is 5.11 Å². The van der Waals surface area contributed by atoms with Gasteiger partial charge < -0.3 is 10.0 Å². The minimum Gasteiger partial charge on any atom is -0.478 e. The van der Waals surface area contributed by atoms with Gasteiger partial charge in [-0.25, -0.2) is 4.79 Å². The van der Waals surface area contributed by atoms with Gasteiger partial charge in [-0.2, -0.15) is 0 Å². The molecule has 20 heavy (non-hydrogen) atoms. The third kappa shape index (κ3) is 2.69. The van der Waals surface area contributed by atoms with Crippen LogP contribution in [0.2, 0.25) is 0 Å². The molecule has 0 spiro atoms. The Morgan fingerprint density at radius 1 is 1.25 bits per heavy atom. The molecule has 1 aromatic carbocycles. The van der Waals surface area contributed by atoms with Crippen LogP contribution in [0.15, 0.2) is 24.3 Å². The smallest absolute Gasteiger partial charge is 0.335 e. The predicted octanol–water partition coefficient (Wildman–Crippen LogP) is 2.92. The van der Waals surface area contributed by atoms with Gasteiger partial charge in [0.2, 0.25) is 5.91 Å². The van der Waals surface area contributed by atoms with Gasteiger partial charge in [-0.1, -0.05) is 25.5 Å². The van der Waals surface area contributed by atoms with Crippen molar-refractivity contribution in [2.24, 2.45) is 5.41 Å².